The molecular formula is C39H48Cl2N2O3Ti. The summed E-state index contributed by atoms with van der Waals surface area (Å²) in [6.45, 7) is 19.1. The molecule has 0 spiro atoms. The number of nitrogens with zero attached hydrogens (tertiary/aromatic N) is 2. The van der Waals surface area contributed by atoms with Gasteiger partial charge in [-0.1, -0.05) is 98.7 Å². The van der Waals surface area contributed by atoms with Crippen LogP contribution in [0, 0.1) is 0 Å². The van der Waals surface area contributed by atoms with Crippen LogP contribution in [0.2, 0.25) is 0 Å². The molecule has 5 nitrogen and oxygen atoms in total. The van der Waals surface area contributed by atoms with Crippen molar-refractivity contribution >= 4 is 42.4 Å². The molecule has 0 aliphatic rings. The molecule has 47 heavy (non-hydrogen) atoms. The second-order valence-corrected chi connectivity index (χ2v) is 16.7. The minimum absolute atomic E-state index is 0.0169. The van der Waals surface area contributed by atoms with Crippen LogP contribution in [-0.4, -0.2) is 29.8 Å². The first kappa shape index (κ1) is 40.1. The Kier molecular flexibility index (Phi) is 15.3. The summed E-state index contributed by atoms with van der Waals surface area (Å²) in [6.07, 6.45) is 3.45. The monoisotopic (exact) mass is 710 g/mol. The standard InChI is InChI=1S/C21H27NO.C18H21NO2.2ClH.Ti/c1-20(2,3)16-12-15(14-22-17-10-8-7-9-11-17)19(23)18(13-16)21(4,5)6;1-18(2,3)16-7-5-6-13(17(16)20)12-19-14-8-10-15(21-4)11-9-14;;;/h7-14,23H,1-6H3;5-12,20H,1-4H3;2*1H;/q;;;;+2/p-2. The van der Waals surface area contributed by atoms with E-state index in [1.807, 2.05) is 78.9 Å². The number of halogens is 2. The third-order valence-corrected chi connectivity index (χ3v) is 7.22. The maximum atomic E-state index is 10.7. The number of phenolic OH excluding ortho intramolecular Hbond substituents is 2. The Hall–Kier alpha value is -3.09. The van der Waals surface area contributed by atoms with Gasteiger partial charge < -0.3 is 14.9 Å². The minimum atomic E-state index is -0.556. The molecule has 0 fully saturated rings. The second kappa shape index (κ2) is 17.9. The second-order valence-electron chi connectivity index (χ2n) is 14.1. The van der Waals surface area contributed by atoms with Crippen LogP contribution >= 0.6 is 18.6 Å². The molecule has 4 rings (SSSR count). The van der Waals surface area contributed by atoms with Gasteiger partial charge in [-0.2, -0.15) is 0 Å². The molecule has 0 saturated carbocycles. The molecule has 0 unspecified atom stereocenters. The van der Waals surface area contributed by atoms with Crippen molar-refractivity contribution in [3.8, 4) is 17.2 Å². The summed E-state index contributed by atoms with van der Waals surface area (Å²) in [5.41, 5.74) is 6.05. The van der Waals surface area contributed by atoms with Crippen LogP contribution in [0.5, 0.6) is 17.2 Å². The Labute approximate surface area is 298 Å². The number of benzene rings is 4. The molecule has 0 aliphatic heterocycles. The third-order valence-electron chi connectivity index (χ3n) is 7.22. The van der Waals surface area contributed by atoms with Crippen molar-refractivity contribution in [3.05, 3.63) is 113 Å². The van der Waals surface area contributed by atoms with Crippen LogP contribution in [0.1, 0.15) is 90.1 Å². The van der Waals surface area contributed by atoms with Gasteiger partial charge in [0.25, 0.3) is 0 Å². The van der Waals surface area contributed by atoms with E-state index in [0.29, 0.717) is 11.5 Å². The molecule has 0 aromatic heterocycles. The fourth-order valence-electron chi connectivity index (χ4n) is 4.50. The van der Waals surface area contributed by atoms with E-state index in [1.54, 1.807) is 19.5 Å². The predicted octanol–water partition coefficient (Wildman–Crippen LogP) is 11.6. The summed E-state index contributed by atoms with van der Waals surface area (Å²) >= 11 is -0.556. The number of aliphatic imine (C=N–C) groups is 2. The van der Waals surface area contributed by atoms with Gasteiger partial charge in [0.05, 0.1) is 18.5 Å². The summed E-state index contributed by atoms with van der Waals surface area (Å²) in [6, 6.07) is 27.2. The number of rotatable bonds is 5. The molecule has 0 radical (unpaired) electrons. The molecule has 0 amide bonds. The van der Waals surface area contributed by atoms with E-state index in [0.717, 1.165) is 39.4 Å². The van der Waals surface area contributed by atoms with Crippen molar-refractivity contribution in [2.75, 3.05) is 7.11 Å². The Bertz CT molecular complexity index is 1620. The van der Waals surface area contributed by atoms with Crippen LogP contribution < -0.4 is 4.74 Å². The summed E-state index contributed by atoms with van der Waals surface area (Å²) in [7, 11) is 11.4. The van der Waals surface area contributed by atoms with Crippen LogP contribution in [0.25, 0.3) is 0 Å². The van der Waals surface area contributed by atoms with Gasteiger partial charge in [0.2, 0.25) is 0 Å². The van der Waals surface area contributed by atoms with Crippen molar-refractivity contribution in [2.24, 2.45) is 9.98 Å². The van der Waals surface area contributed by atoms with Gasteiger partial charge in [0.1, 0.15) is 17.2 Å². The van der Waals surface area contributed by atoms with Gasteiger partial charge in [-0.25, -0.2) is 0 Å². The number of hydrogen-bond donors (Lipinski definition) is 2. The molecule has 2 N–H and O–H groups in total. The molecule has 0 aliphatic carbocycles. The normalized spacial score (nSPS) is 11.8. The summed E-state index contributed by atoms with van der Waals surface area (Å²) in [5, 5.41) is 21.1. The van der Waals surface area contributed by atoms with Gasteiger partial charge in [-0.05, 0) is 75.9 Å². The Morgan fingerprint density at radius 3 is 1.57 bits per heavy atom. The molecule has 0 bridgehead atoms. The van der Waals surface area contributed by atoms with Gasteiger partial charge in [-0.3, -0.25) is 9.98 Å². The van der Waals surface area contributed by atoms with E-state index in [9.17, 15) is 10.2 Å². The topological polar surface area (TPSA) is 74.4 Å². The number of ether oxygens (including phenoxy) is 1. The first-order valence-electron chi connectivity index (χ1n) is 15.4. The molecule has 0 heterocycles. The summed E-state index contributed by atoms with van der Waals surface area (Å²) in [4.78, 5) is 8.89. The predicted molar refractivity (Wildman–Crippen MR) is 198 cm³/mol. The Morgan fingerprint density at radius 1 is 0.596 bits per heavy atom. The van der Waals surface area contributed by atoms with Crippen molar-refractivity contribution in [1.82, 2.24) is 0 Å². The third kappa shape index (κ3) is 12.8. The van der Waals surface area contributed by atoms with Crippen molar-refractivity contribution in [3.63, 3.8) is 0 Å². The maximum absolute atomic E-state index is 10.7. The Morgan fingerprint density at radius 2 is 1.09 bits per heavy atom. The van der Waals surface area contributed by atoms with Crippen molar-refractivity contribution < 1.29 is 32.0 Å². The number of methoxy groups -OCH3 is 1. The number of hydrogen-bond acceptors (Lipinski definition) is 5. The van der Waals surface area contributed by atoms with E-state index in [-0.39, 0.29) is 16.2 Å². The van der Waals surface area contributed by atoms with Crippen molar-refractivity contribution in [1.29, 1.82) is 0 Å². The van der Waals surface area contributed by atoms with Crippen LogP contribution in [0.15, 0.2) is 94.9 Å². The van der Waals surface area contributed by atoms with Crippen LogP contribution in [0.4, 0.5) is 11.4 Å². The zero-order valence-corrected chi connectivity index (χ0v) is 32.3. The van der Waals surface area contributed by atoms with Gasteiger partial charge in [0, 0.05) is 29.1 Å². The fourth-order valence-corrected chi connectivity index (χ4v) is 4.50. The fraction of sp³-hybridized carbons (Fsp3) is 0.333. The van der Waals surface area contributed by atoms with E-state index in [1.165, 1.54) is 5.56 Å². The van der Waals surface area contributed by atoms with E-state index >= 15 is 0 Å². The first-order chi connectivity index (χ1) is 21.9. The molecule has 0 saturated heterocycles. The average Bonchev–Trinajstić information content (AvgIpc) is 3.00. The van der Waals surface area contributed by atoms with Gasteiger partial charge >= 0.3 is 35.6 Å². The zero-order valence-electron chi connectivity index (χ0n) is 29.2. The molecule has 4 aromatic carbocycles. The number of aromatic hydroxyl groups is 2. The van der Waals surface area contributed by atoms with Crippen LogP contribution in [0.3, 0.4) is 0 Å². The quantitative estimate of drug-likeness (QED) is 0.160. The van der Waals surface area contributed by atoms with Crippen molar-refractivity contribution in [2.45, 2.75) is 78.6 Å². The molecule has 8 heteroatoms. The summed E-state index contributed by atoms with van der Waals surface area (Å²) < 4.78 is 5.11. The van der Waals surface area contributed by atoms with Gasteiger partial charge in [-0.15, -0.1) is 0 Å². The number of para-hydroxylation sites is 2. The van der Waals surface area contributed by atoms with E-state index < -0.39 is 17.0 Å². The molecule has 4 aromatic rings. The van der Waals surface area contributed by atoms with Gasteiger partial charge in [0.15, 0.2) is 0 Å². The van der Waals surface area contributed by atoms with Crippen LogP contribution in [-0.2, 0) is 33.3 Å². The zero-order chi connectivity index (χ0) is 35.4. The summed E-state index contributed by atoms with van der Waals surface area (Å²) in [5.74, 6) is 1.42. The Balaban J connectivity index is 0.000000303. The SMILES string of the molecule is CC(C)(C)c1cc(C=Nc2ccccc2)c(O)c(C(C)(C)C)c1.COc1ccc(N=Cc2cccc(C(C)(C)C)c2O)cc1.[Cl][Ti][Cl]. The van der Waals surface area contributed by atoms with E-state index in [4.69, 9.17) is 23.3 Å². The average molecular weight is 712 g/mol. The molecular weight excluding hydrogens is 663 g/mol. The number of phenols is 2. The molecule has 250 valence electrons. The molecule has 0 atom stereocenters. The first-order valence-corrected chi connectivity index (χ1v) is 19.7. The van der Waals surface area contributed by atoms with E-state index in [2.05, 4.69) is 78.4 Å².